The first-order valence-corrected chi connectivity index (χ1v) is 8.39. The van der Waals surface area contributed by atoms with Crippen molar-refractivity contribution in [1.29, 1.82) is 5.26 Å². The number of nitrogens with one attached hydrogen (secondary N) is 2. The fourth-order valence-corrected chi connectivity index (χ4v) is 3.35. The van der Waals surface area contributed by atoms with Gasteiger partial charge in [0.2, 0.25) is 0 Å². The number of pyridine rings is 1. The summed E-state index contributed by atoms with van der Waals surface area (Å²) in [7, 11) is 0. The quantitative estimate of drug-likeness (QED) is 0.689. The van der Waals surface area contributed by atoms with Crippen LogP contribution in [-0.4, -0.2) is 52.0 Å². The zero-order chi connectivity index (χ0) is 17.9. The Balaban J connectivity index is 1.62. The van der Waals surface area contributed by atoms with Crippen molar-refractivity contribution in [3.63, 3.8) is 0 Å². The van der Waals surface area contributed by atoms with Crippen LogP contribution in [0.15, 0.2) is 24.7 Å². The van der Waals surface area contributed by atoms with Crippen LogP contribution >= 0.6 is 0 Å². The molecule has 0 bridgehead atoms. The van der Waals surface area contributed by atoms with E-state index in [9.17, 15) is 4.79 Å². The highest BCUT2D eigenvalue weighted by Crippen LogP contribution is 2.32. The van der Waals surface area contributed by atoms with Gasteiger partial charge in [-0.05, 0) is 18.9 Å². The first-order valence-electron chi connectivity index (χ1n) is 8.39. The average molecular weight is 351 g/mol. The molecule has 0 aliphatic carbocycles. The van der Waals surface area contributed by atoms with E-state index in [-0.39, 0.29) is 12.6 Å². The molecular weight excluding hydrogens is 334 g/mol. The number of aromatic amines is 1. The molecule has 1 atom stereocenters. The smallest absolute Gasteiger partial charge is 0.408 e. The number of nitrogens with zero attached hydrogens (tertiary/aromatic N) is 5. The Labute approximate surface area is 149 Å². The van der Waals surface area contributed by atoms with Crippen LogP contribution in [0.25, 0.3) is 21.9 Å². The highest BCUT2D eigenvalue weighted by atomic mass is 16.6. The predicted molar refractivity (Wildman–Crippen MR) is 94.5 cm³/mol. The molecule has 1 saturated heterocycles. The summed E-state index contributed by atoms with van der Waals surface area (Å²) >= 11 is 0. The third kappa shape index (κ3) is 2.97. The van der Waals surface area contributed by atoms with Gasteiger partial charge in [-0.1, -0.05) is 0 Å². The lowest BCUT2D eigenvalue weighted by Gasteiger charge is -2.34. The summed E-state index contributed by atoms with van der Waals surface area (Å²) < 4.78 is 5.43. The number of rotatable bonds is 3. The summed E-state index contributed by atoms with van der Waals surface area (Å²) in [6, 6.07) is 3.80. The van der Waals surface area contributed by atoms with E-state index in [2.05, 4.69) is 30.4 Å². The molecule has 0 spiro atoms. The van der Waals surface area contributed by atoms with Gasteiger partial charge in [0, 0.05) is 23.5 Å². The van der Waals surface area contributed by atoms with Crippen molar-refractivity contribution in [1.82, 2.24) is 25.5 Å². The molecule has 1 aliphatic rings. The molecule has 4 rings (SSSR count). The minimum atomic E-state index is -0.561. The molecule has 1 fully saturated rings. The van der Waals surface area contributed by atoms with Gasteiger partial charge in [0.1, 0.15) is 12.6 Å². The lowest BCUT2D eigenvalue weighted by molar-refractivity contribution is 0.0893. The number of anilines is 1. The summed E-state index contributed by atoms with van der Waals surface area (Å²) in [5.74, 6) is 0. The number of carbonyl (C=O) groups excluding carboxylic acids is 1. The maximum absolute atomic E-state index is 11.7. The molecule has 132 valence electrons. The number of fused-ring (bicyclic) bond motifs is 3. The number of nitriles is 1. The number of hydrogen-bond donors (Lipinski definition) is 2. The number of hydrogen-bond acceptors (Lipinski definition) is 7. The Bertz CT molecular complexity index is 994. The monoisotopic (exact) mass is 351 g/mol. The second kappa shape index (κ2) is 6.84. The van der Waals surface area contributed by atoms with E-state index >= 15 is 0 Å². The van der Waals surface area contributed by atoms with Crippen LogP contribution in [0.3, 0.4) is 0 Å². The predicted octanol–water partition coefficient (Wildman–Crippen LogP) is 1.72. The first-order chi connectivity index (χ1) is 12.8. The van der Waals surface area contributed by atoms with Crippen LogP contribution in [0.2, 0.25) is 0 Å². The number of ether oxygens (including phenoxy) is 1. The van der Waals surface area contributed by atoms with Crippen molar-refractivity contribution in [3.05, 3.63) is 24.7 Å². The molecule has 26 heavy (non-hydrogen) atoms. The van der Waals surface area contributed by atoms with Gasteiger partial charge in [0.05, 0.1) is 36.2 Å². The maximum Gasteiger partial charge on any atom is 0.408 e. The summed E-state index contributed by atoms with van der Waals surface area (Å²) in [6.07, 6.45) is 6.13. The van der Waals surface area contributed by atoms with Crippen molar-refractivity contribution < 1.29 is 9.53 Å². The van der Waals surface area contributed by atoms with Gasteiger partial charge in [-0.25, -0.2) is 14.8 Å². The Morgan fingerprint density at radius 2 is 2.38 bits per heavy atom. The van der Waals surface area contributed by atoms with Gasteiger partial charge in [-0.15, -0.1) is 0 Å². The molecule has 4 heterocycles. The van der Waals surface area contributed by atoms with E-state index in [4.69, 9.17) is 10.00 Å². The highest BCUT2D eigenvalue weighted by Gasteiger charge is 2.25. The fourth-order valence-electron chi connectivity index (χ4n) is 3.35. The first kappa shape index (κ1) is 16.1. The topological polar surface area (TPSA) is 120 Å². The van der Waals surface area contributed by atoms with E-state index < -0.39 is 6.09 Å². The van der Waals surface area contributed by atoms with Gasteiger partial charge >= 0.3 is 6.09 Å². The molecule has 1 amide bonds. The summed E-state index contributed by atoms with van der Waals surface area (Å²) in [6.45, 7) is 1.35. The summed E-state index contributed by atoms with van der Waals surface area (Å²) in [5.41, 5.74) is 2.49. The van der Waals surface area contributed by atoms with Gasteiger partial charge in [-0.3, -0.25) is 5.10 Å². The van der Waals surface area contributed by atoms with E-state index in [1.165, 1.54) is 0 Å². The summed E-state index contributed by atoms with van der Waals surface area (Å²) in [4.78, 5) is 22.5. The fraction of sp³-hybridized carbons (Fsp3) is 0.353. The number of alkyl carbamates (subject to hydrolysis) is 1. The third-order valence-corrected chi connectivity index (χ3v) is 4.47. The van der Waals surface area contributed by atoms with Crippen LogP contribution in [0.1, 0.15) is 12.8 Å². The van der Waals surface area contributed by atoms with Crippen LogP contribution in [0.5, 0.6) is 0 Å². The van der Waals surface area contributed by atoms with Crippen LogP contribution in [-0.2, 0) is 4.74 Å². The van der Waals surface area contributed by atoms with Crippen molar-refractivity contribution in [2.75, 3.05) is 24.5 Å². The van der Waals surface area contributed by atoms with Crippen molar-refractivity contribution in [2.45, 2.75) is 18.9 Å². The van der Waals surface area contributed by atoms with E-state index in [1.807, 2.05) is 12.1 Å². The van der Waals surface area contributed by atoms with Crippen molar-refractivity contribution in [2.24, 2.45) is 0 Å². The lowest BCUT2D eigenvalue weighted by atomic mass is 10.1. The highest BCUT2D eigenvalue weighted by molar-refractivity contribution is 6.09. The normalized spacial score (nSPS) is 17.2. The van der Waals surface area contributed by atoms with E-state index in [0.29, 0.717) is 12.2 Å². The molecule has 0 saturated carbocycles. The Kier molecular flexibility index (Phi) is 4.23. The molecular formula is C17H17N7O2. The number of carbonyl (C=O) groups is 1. The molecule has 0 aromatic carbocycles. The minimum absolute atomic E-state index is 0.0622. The van der Waals surface area contributed by atoms with Crippen LogP contribution < -0.4 is 10.2 Å². The number of H-pyrrole nitrogens is 1. The van der Waals surface area contributed by atoms with Crippen LogP contribution in [0.4, 0.5) is 10.5 Å². The van der Waals surface area contributed by atoms with E-state index in [0.717, 1.165) is 41.4 Å². The Morgan fingerprint density at radius 3 is 3.27 bits per heavy atom. The van der Waals surface area contributed by atoms with Gasteiger partial charge in [0.25, 0.3) is 0 Å². The van der Waals surface area contributed by atoms with Crippen LogP contribution in [0, 0.1) is 11.3 Å². The SMILES string of the molecule is N#CCNC(=O)OC1CCCN(c2cn[nH]c3cnc4nccc4c23)C1. The standard InChI is InChI=1S/C17H17N7O2/c18-4-6-20-17(25)26-11-2-1-7-24(10-11)14-9-22-23-13-8-21-16-12(15(13)14)3-5-19-16/h3,5,8-9,11,23H,1-2,6-7,10H2,(H,20,25). The average Bonchev–Trinajstić information content (AvgIpc) is 3.15. The van der Waals surface area contributed by atoms with Crippen molar-refractivity contribution >= 4 is 33.7 Å². The van der Waals surface area contributed by atoms with Crippen molar-refractivity contribution in [3.8, 4) is 6.07 Å². The molecule has 9 heteroatoms. The van der Waals surface area contributed by atoms with Gasteiger partial charge < -0.3 is 15.0 Å². The molecule has 2 N–H and O–H groups in total. The van der Waals surface area contributed by atoms with Gasteiger partial charge in [-0.2, -0.15) is 10.4 Å². The molecule has 3 aromatic rings. The molecule has 3 aromatic heterocycles. The van der Waals surface area contributed by atoms with Gasteiger partial charge in [0.15, 0.2) is 5.65 Å². The summed E-state index contributed by atoms with van der Waals surface area (Å²) in [5, 5.41) is 20.1. The number of piperidine rings is 1. The Hall–Kier alpha value is -3.41. The largest absolute Gasteiger partial charge is 0.444 e. The zero-order valence-electron chi connectivity index (χ0n) is 14.0. The molecule has 1 unspecified atom stereocenters. The minimum Gasteiger partial charge on any atom is -0.444 e. The second-order valence-corrected chi connectivity index (χ2v) is 6.11. The number of amides is 1. The molecule has 1 aliphatic heterocycles. The zero-order valence-corrected chi connectivity index (χ0v) is 14.0. The molecule has 0 radical (unpaired) electrons. The third-order valence-electron chi connectivity index (χ3n) is 4.47. The Morgan fingerprint density at radius 1 is 1.46 bits per heavy atom. The van der Waals surface area contributed by atoms with E-state index in [1.54, 1.807) is 18.6 Å². The second-order valence-electron chi connectivity index (χ2n) is 6.11. The molecule has 9 nitrogen and oxygen atoms in total. The number of aromatic nitrogens is 4. The maximum atomic E-state index is 11.7. The lowest BCUT2D eigenvalue weighted by Crippen LogP contribution is -2.42.